The lowest BCUT2D eigenvalue weighted by Gasteiger charge is -2.31. The molecule has 0 aromatic rings. The second-order valence-corrected chi connectivity index (χ2v) is 4.19. The lowest BCUT2D eigenvalue weighted by atomic mass is 10.1. The fraction of sp³-hybridized carbons (Fsp3) is 1.00. The van der Waals surface area contributed by atoms with E-state index in [-0.39, 0.29) is 6.10 Å². The van der Waals surface area contributed by atoms with E-state index >= 15 is 0 Å². The second-order valence-electron chi connectivity index (χ2n) is 4.19. The largest absolute Gasteiger partial charge is 0.392 e. The third kappa shape index (κ3) is 2.96. The molecule has 1 fully saturated rings. The Morgan fingerprint density at radius 3 is 2.38 bits per heavy atom. The van der Waals surface area contributed by atoms with Gasteiger partial charge >= 0.3 is 0 Å². The van der Waals surface area contributed by atoms with Crippen LogP contribution in [0.4, 0.5) is 0 Å². The zero-order chi connectivity index (χ0) is 9.84. The van der Waals surface area contributed by atoms with E-state index in [1.807, 2.05) is 0 Å². The van der Waals surface area contributed by atoms with Crippen LogP contribution >= 0.6 is 0 Å². The minimum atomic E-state index is -0.146. The first kappa shape index (κ1) is 11.0. The van der Waals surface area contributed by atoms with Crippen molar-refractivity contribution in [1.29, 1.82) is 0 Å². The van der Waals surface area contributed by atoms with Gasteiger partial charge in [-0.05, 0) is 39.2 Å². The van der Waals surface area contributed by atoms with Gasteiger partial charge in [0, 0.05) is 12.1 Å². The van der Waals surface area contributed by atoms with Crippen LogP contribution in [0.15, 0.2) is 0 Å². The number of aliphatic hydroxyl groups is 1. The summed E-state index contributed by atoms with van der Waals surface area (Å²) < 4.78 is 0. The maximum absolute atomic E-state index is 9.76. The molecule has 1 aliphatic carbocycles. The fourth-order valence-electron chi connectivity index (χ4n) is 1.95. The van der Waals surface area contributed by atoms with E-state index in [1.54, 1.807) is 0 Å². The molecule has 2 heteroatoms. The molecule has 1 rings (SSSR count). The van der Waals surface area contributed by atoms with Crippen molar-refractivity contribution in [2.24, 2.45) is 0 Å². The average molecular weight is 185 g/mol. The molecule has 1 N–H and O–H groups in total. The number of aliphatic hydroxyl groups excluding tert-OH is 1. The summed E-state index contributed by atoms with van der Waals surface area (Å²) in [5.74, 6) is 0. The van der Waals surface area contributed by atoms with Crippen molar-refractivity contribution in [2.75, 3.05) is 6.54 Å². The number of hydrogen-bond donors (Lipinski definition) is 1. The van der Waals surface area contributed by atoms with Crippen LogP contribution in [0.5, 0.6) is 0 Å². The summed E-state index contributed by atoms with van der Waals surface area (Å²) in [5.41, 5.74) is 0. The van der Waals surface area contributed by atoms with Gasteiger partial charge in [-0.1, -0.05) is 13.8 Å². The molecule has 0 saturated heterocycles. The van der Waals surface area contributed by atoms with Gasteiger partial charge in [-0.3, -0.25) is 4.90 Å². The zero-order valence-corrected chi connectivity index (χ0v) is 9.16. The molecule has 0 amide bonds. The molecule has 0 aromatic carbocycles. The molecule has 1 aliphatic rings. The van der Waals surface area contributed by atoms with Crippen molar-refractivity contribution in [1.82, 2.24) is 4.90 Å². The molecular formula is C11H23NO. The van der Waals surface area contributed by atoms with Crippen molar-refractivity contribution < 1.29 is 5.11 Å². The van der Waals surface area contributed by atoms with E-state index in [0.29, 0.717) is 6.04 Å². The van der Waals surface area contributed by atoms with Crippen molar-refractivity contribution in [3.05, 3.63) is 0 Å². The van der Waals surface area contributed by atoms with E-state index in [9.17, 15) is 5.11 Å². The minimum Gasteiger partial charge on any atom is -0.392 e. The van der Waals surface area contributed by atoms with Gasteiger partial charge < -0.3 is 5.11 Å². The summed E-state index contributed by atoms with van der Waals surface area (Å²) in [6.45, 7) is 7.56. The number of hydrogen-bond acceptors (Lipinski definition) is 2. The Labute approximate surface area is 81.9 Å². The lowest BCUT2D eigenvalue weighted by molar-refractivity contribution is 0.0512. The standard InChI is InChI=1S/C11H23NO/c1-4-8-12(10-6-7-10)9(3)11(13)5-2/h9-11,13H,4-8H2,1-3H3. The van der Waals surface area contributed by atoms with Crippen LogP contribution in [0, 0.1) is 0 Å². The van der Waals surface area contributed by atoms with Gasteiger partial charge in [0.05, 0.1) is 6.10 Å². The van der Waals surface area contributed by atoms with Crippen molar-refractivity contribution in [3.8, 4) is 0 Å². The van der Waals surface area contributed by atoms with Gasteiger partial charge in [-0.2, -0.15) is 0 Å². The van der Waals surface area contributed by atoms with Gasteiger partial charge in [0.25, 0.3) is 0 Å². The Bertz CT molecular complexity index is 145. The summed E-state index contributed by atoms with van der Waals surface area (Å²) in [6.07, 6.45) is 4.58. The molecule has 78 valence electrons. The van der Waals surface area contributed by atoms with Crippen LogP contribution in [0.1, 0.15) is 46.5 Å². The van der Waals surface area contributed by atoms with Crippen LogP contribution in [-0.2, 0) is 0 Å². The highest BCUT2D eigenvalue weighted by Gasteiger charge is 2.33. The highest BCUT2D eigenvalue weighted by Crippen LogP contribution is 2.29. The molecule has 0 spiro atoms. The SMILES string of the molecule is CCCN(C1CC1)C(C)C(O)CC. The summed E-state index contributed by atoms with van der Waals surface area (Å²) in [4.78, 5) is 2.48. The predicted octanol–water partition coefficient (Wildman–Crippen LogP) is 2.02. The van der Waals surface area contributed by atoms with E-state index in [2.05, 4.69) is 25.7 Å². The Balaban J connectivity index is 2.42. The molecule has 0 radical (unpaired) electrons. The number of nitrogens with zero attached hydrogens (tertiary/aromatic N) is 1. The van der Waals surface area contributed by atoms with E-state index in [4.69, 9.17) is 0 Å². The van der Waals surface area contributed by atoms with Gasteiger partial charge in [0.2, 0.25) is 0 Å². The summed E-state index contributed by atoms with van der Waals surface area (Å²) in [6, 6.07) is 1.12. The molecule has 0 aromatic heterocycles. The van der Waals surface area contributed by atoms with Gasteiger partial charge in [0.1, 0.15) is 0 Å². The molecule has 13 heavy (non-hydrogen) atoms. The Kier molecular flexibility index (Phi) is 4.20. The number of rotatable bonds is 6. The molecule has 2 unspecified atom stereocenters. The van der Waals surface area contributed by atoms with Gasteiger partial charge in [0.15, 0.2) is 0 Å². The summed E-state index contributed by atoms with van der Waals surface area (Å²) >= 11 is 0. The molecule has 0 aliphatic heterocycles. The summed E-state index contributed by atoms with van der Waals surface area (Å²) in [5, 5.41) is 9.76. The van der Waals surface area contributed by atoms with E-state index < -0.39 is 0 Å². The minimum absolute atomic E-state index is 0.146. The smallest absolute Gasteiger partial charge is 0.0690 e. The molecule has 0 bridgehead atoms. The van der Waals surface area contributed by atoms with Crippen LogP contribution in [-0.4, -0.2) is 34.7 Å². The maximum atomic E-state index is 9.76. The van der Waals surface area contributed by atoms with Gasteiger partial charge in [-0.15, -0.1) is 0 Å². The Morgan fingerprint density at radius 1 is 1.38 bits per heavy atom. The average Bonchev–Trinajstić information content (AvgIpc) is 2.95. The third-order valence-corrected chi connectivity index (χ3v) is 3.00. The first-order chi connectivity index (χ1) is 6.20. The molecule has 1 saturated carbocycles. The lowest BCUT2D eigenvalue weighted by Crippen LogP contribution is -2.43. The normalized spacial score (nSPS) is 21.9. The third-order valence-electron chi connectivity index (χ3n) is 3.00. The van der Waals surface area contributed by atoms with Crippen LogP contribution < -0.4 is 0 Å². The molecular weight excluding hydrogens is 162 g/mol. The topological polar surface area (TPSA) is 23.5 Å². The molecule has 2 nitrogen and oxygen atoms in total. The monoisotopic (exact) mass is 185 g/mol. The summed E-state index contributed by atoms with van der Waals surface area (Å²) in [7, 11) is 0. The van der Waals surface area contributed by atoms with E-state index in [1.165, 1.54) is 19.3 Å². The van der Waals surface area contributed by atoms with Crippen LogP contribution in [0.25, 0.3) is 0 Å². The molecule has 2 atom stereocenters. The predicted molar refractivity (Wildman–Crippen MR) is 55.8 cm³/mol. The highest BCUT2D eigenvalue weighted by molar-refractivity contribution is 4.89. The van der Waals surface area contributed by atoms with Crippen molar-refractivity contribution in [2.45, 2.75) is 64.6 Å². The highest BCUT2D eigenvalue weighted by atomic mass is 16.3. The zero-order valence-electron chi connectivity index (χ0n) is 9.16. The quantitative estimate of drug-likeness (QED) is 0.684. The Hall–Kier alpha value is -0.0800. The van der Waals surface area contributed by atoms with Crippen LogP contribution in [0.3, 0.4) is 0 Å². The van der Waals surface area contributed by atoms with Crippen molar-refractivity contribution >= 4 is 0 Å². The first-order valence-corrected chi connectivity index (χ1v) is 5.64. The van der Waals surface area contributed by atoms with E-state index in [0.717, 1.165) is 19.0 Å². The van der Waals surface area contributed by atoms with Gasteiger partial charge in [-0.25, -0.2) is 0 Å². The fourth-order valence-corrected chi connectivity index (χ4v) is 1.95. The maximum Gasteiger partial charge on any atom is 0.0690 e. The van der Waals surface area contributed by atoms with Crippen LogP contribution in [0.2, 0.25) is 0 Å². The first-order valence-electron chi connectivity index (χ1n) is 5.64. The Morgan fingerprint density at radius 2 is 2.00 bits per heavy atom. The molecule has 0 heterocycles. The van der Waals surface area contributed by atoms with Crippen molar-refractivity contribution in [3.63, 3.8) is 0 Å². The second kappa shape index (κ2) is 4.97.